The van der Waals surface area contributed by atoms with E-state index in [9.17, 15) is 4.79 Å². The zero-order valence-corrected chi connectivity index (χ0v) is 10.9. The van der Waals surface area contributed by atoms with Crippen molar-refractivity contribution in [3.63, 3.8) is 0 Å². The summed E-state index contributed by atoms with van der Waals surface area (Å²) in [5.74, 6) is 0.0498. The third-order valence-corrected chi connectivity index (χ3v) is 3.12. The zero-order valence-electron chi connectivity index (χ0n) is 10.9. The first kappa shape index (κ1) is 14.4. The van der Waals surface area contributed by atoms with Gasteiger partial charge in [-0.25, -0.2) is 0 Å². The van der Waals surface area contributed by atoms with Crippen molar-refractivity contribution in [1.82, 2.24) is 10.6 Å². The van der Waals surface area contributed by atoms with Gasteiger partial charge in [-0.15, -0.1) is 0 Å². The van der Waals surface area contributed by atoms with Crippen LogP contribution >= 0.6 is 0 Å². The maximum Gasteiger partial charge on any atom is 0.233 e. The van der Waals surface area contributed by atoms with Crippen molar-refractivity contribution < 1.29 is 14.3 Å². The molecule has 0 unspecified atom stereocenters. The minimum Gasteiger partial charge on any atom is -0.385 e. The summed E-state index contributed by atoms with van der Waals surface area (Å²) >= 11 is 0. The summed E-state index contributed by atoms with van der Waals surface area (Å²) in [6, 6.07) is 0. The van der Waals surface area contributed by atoms with Gasteiger partial charge in [0.15, 0.2) is 0 Å². The number of carbonyl (C=O) groups excluding carboxylic acids is 1. The van der Waals surface area contributed by atoms with Crippen molar-refractivity contribution in [2.75, 3.05) is 40.0 Å². The summed E-state index contributed by atoms with van der Waals surface area (Å²) in [5, 5.41) is 6.18. The van der Waals surface area contributed by atoms with E-state index in [0.29, 0.717) is 19.7 Å². The third kappa shape index (κ3) is 6.00. The Bertz CT molecular complexity index is 228. The average Bonchev–Trinajstić information content (AvgIpc) is 2.33. The Morgan fingerprint density at radius 2 is 2.12 bits per heavy atom. The highest BCUT2D eigenvalue weighted by atomic mass is 16.5. The van der Waals surface area contributed by atoms with Gasteiger partial charge in [-0.1, -0.05) is 0 Å². The maximum absolute atomic E-state index is 11.5. The lowest BCUT2D eigenvalue weighted by Crippen LogP contribution is -2.50. The van der Waals surface area contributed by atoms with Crippen LogP contribution < -0.4 is 10.6 Å². The van der Waals surface area contributed by atoms with E-state index in [4.69, 9.17) is 9.47 Å². The highest BCUT2D eigenvalue weighted by Gasteiger charge is 2.26. The van der Waals surface area contributed by atoms with Gasteiger partial charge >= 0.3 is 0 Å². The monoisotopic (exact) mass is 244 g/mol. The second-order valence-electron chi connectivity index (χ2n) is 4.72. The number of carbonyl (C=O) groups is 1. The Morgan fingerprint density at radius 1 is 1.41 bits per heavy atom. The van der Waals surface area contributed by atoms with Gasteiger partial charge in [0.25, 0.3) is 0 Å². The first-order chi connectivity index (χ1) is 8.16. The van der Waals surface area contributed by atoms with Crippen LogP contribution in [0.2, 0.25) is 0 Å². The van der Waals surface area contributed by atoms with Crippen molar-refractivity contribution >= 4 is 5.91 Å². The smallest absolute Gasteiger partial charge is 0.233 e. The quantitative estimate of drug-likeness (QED) is 0.632. The molecule has 1 saturated heterocycles. The molecule has 0 atom stereocenters. The molecule has 1 heterocycles. The molecule has 0 bridgehead atoms. The number of ether oxygens (including phenoxy) is 2. The van der Waals surface area contributed by atoms with Crippen molar-refractivity contribution in [2.45, 2.75) is 31.7 Å². The highest BCUT2D eigenvalue weighted by molar-refractivity contribution is 5.78. The van der Waals surface area contributed by atoms with E-state index >= 15 is 0 Å². The molecular formula is C12H24N2O3. The van der Waals surface area contributed by atoms with E-state index in [1.807, 2.05) is 0 Å². The maximum atomic E-state index is 11.5. The predicted octanol–water partition coefficient (Wildman–Crippen LogP) is 0.298. The number of rotatable bonds is 7. The third-order valence-electron chi connectivity index (χ3n) is 3.12. The van der Waals surface area contributed by atoms with Gasteiger partial charge < -0.3 is 20.1 Å². The Balaban J connectivity index is 2.10. The molecule has 5 nitrogen and oxygen atoms in total. The van der Waals surface area contributed by atoms with Gasteiger partial charge in [-0.05, 0) is 26.2 Å². The summed E-state index contributed by atoms with van der Waals surface area (Å²) < 4.78 is 10.2. The number of nitrogens with one attached hydrogen (secondary N) is 2. The molecule has 17 heavy (non-hydrogen) atoms. The van der Waals surface area contributed by atoms with E-state index in [-0.39, 0.29) is 11.4 Å². The van der Waals surface area contributed by atoms with Crippen LogP contribution in [0.4, 0.5) is 0 Å². The van der Waals surface area contributed by atoms with E-state index in [2.05, 4.69) is 17.6 Å². The molecule has 1 rings (SSSR count). The van der Waals surface area contributed by atoms with Crippen LogP contribution in [0.3, 0.4) is 0 Å². The Kier molecular flexibility index (Phi) is 6.47. The Labute approximate surface area is 103 Å². The van der Waals surface area contributed by atoms with Gasteiger partial charge in [0, 0.05) is 39.0 Å². The van der Waals surface area contributed by atoms with Crippen LogP contribution in [0.25, 0.3) is 0 Å². The molecule has 0 aliphatic carbocycles. The molecule has 0 aromatic heterocycles. The molecule has 0 saturated carbocycles. The normalized spacial score (nSPS) is 18.9. The lowest BCUT2D eigenvalue weighted by Gasteiger charge is -2.34. The summed E-state index contributed by atoms with van der Waals surface area (Å²) in [6.07, 6.45) is 2.78. The van der Waals surface area contributed by atoms with Gasteiger partial charge in [0.2, 0.25) is 5.91 Å². The summed E-state index contributed by atoms with van der Waals surface area (Å²) in [6.45, 7) is 5.44. The van der Waals surface area contributed by atoms with Gasteiger partial charge in [-0.3, -0.25) is 4.79 Å². The Hall–Kier alpha value is -0.650. The molecule has 1 aliphatic rings. The van der Waals surface area contributed by atoms with Crippen molar-refractivity contribution in [2.24, 2.45) is 0 Å². The number of methoxy groups -OCH3 is 1. The molecule has 0 aromatic rings. The largest absolute Gasteiger partial charge is 0.385 e. The number of amides is 1. The number of hydrogen-bond donors (Lipinski definition) is 2. The lowest BCUT2D eigenvalue weighted by atomic mass is 9.92. The van der Waals surface area contributed by atoms with Crippen LogP contribution in [-0.2, 0) is 14.3 Å². The second-order valence-corrected chi connectivity index (χ2v) is 4.72. The SMILES string of the molecule is COCCCNC(=O)CNC1(C)CCOCC1. The molecule has 1 amide bonds. The summed E-state index contributed by atoms with van der Waals surface area (Å²) in [7, 11) is 1.66. The lowest BCUT2D eigenvalue weighted by molar-refractivity contribution is -0.120. The fourth-order valence-corrected chi connectivity index (χ4v) is 1.80. The van der Waals surface area contributed by atoms with Crippen molar-refractivity contribution in [1.29, 1.82) is 0 Å². The summed E-state index contributed by atoms with van der Waals surface area (Å²) in [4.78, 5) is 11.5. The molecule has 0 radical (unpaired) electrons. The van der Waals surface area contributed by atoms with Crippen LogP contribution in [0, 0.1) is 0 Å². The van der Waals surface area contributed by atoms with E-state index in [1.165, 1.54) is 0 Å². The number of hydrogen-bond acceptors (Lipinski definition) is 4. The standard InChI is InChI=1S/C12H24N2O3/c1-12(4-8-17-9-5-12)14-10-11(15)13-6-3-7-16-2/h14H,3-10H2,1-2H3,(H,13,15). The van der Waals surface area contributed by atoms with Gasteiger partial charge in [-0.2, -0.15) is 0 Å². The molecule has 0 spiro atoms. The predicted molar refractivity (Wildman–Crippen MR) is 66.0 cm³/mol. The van der Waals surface area contributed by atoms with Crippen molar-refractivity contribution in [3.05, 3.63) is 0 Å². The average molecular weight is 244 g/mol. The molecule has 1 aliphatic heterocycles. The minimum absolute atomic E-state index is 0.0438. The molecule has 2 N–H and O–H groups in total. The van der Waals surface area contributed by atoms with Crippen LogP contribution in [0.5, 0.6) is 0 Å². The van der Waals surface area contributed by atoms with E-state index in [0.717, 1.165) is 32.5 Å². The molecule has 0 aromatic carbocycles. The van der Waals surface area contributed by atoms with Gasteiger partial charge in [0.1, 0.15) is 0 Å². The van der Waals surface area contributed by atoms with E-state index < -0.39 is 0 Å². The first-order valence-corrected chi connectivity index (χ1v) is 6.25. The van der Waals surface area contributed by atoms with Crippen LogP contribution in [0.15, 0.2) is 0 Å². The highest BCUT2D eigenvalue weighted by Crippen LogP contribution is 2.18. The molecular weight excluding hydrogens is 220 g/mol. The fourth-order valence-electron chi connectivity index (χ4n) is 1.80. The van der Waals surface area contributed by atoms with Crippen LogP contribution in [0.1, 0.15) is 26.2 Å². The summed E-state index contributed by atoms with van der Waals surface area (Å²) in [5.41, 5.74) is 0.0438. The van der Waals surface area contributed by atoms with E-state index in [1.54, 1.807) is 7.11 Å². The first-order valence-electron chi connectivity index (χ1n) is 6.25. The Morgan fingerprint density at radius 3 is 2.76 bits per heavy atom. The molecule has 5 heteroatoms. The van der Waals surface area contributed by atoms with Crippen molar-refractivity contribution in [3.8, 4) is 0 Å². The fraction of sp³-hybridized carbons (Fsp3) is 0.917. The topological polar surface area (TPSA) is 59.6 Å². The van der Waals surface area contributed by atoms with Crippen LogP contribution in [-0.4, -0.2) is 51.5 Å². The minimum atomic E-state index is 0.0438. The van der Waals surface area contributed by atoms with Gasteiger partial charge in [0.05, 0.1) is 6.54 Å². The molecule has 1 fully saturated rings. The zero-order chi connectivity index (χ0) is 12.6. The molecule has 100 valence electrons. The second kappa shape index (κ2) is 7.63.